The molecule has 0 saturated heterocycles. The fraction of sp³-hybridized carbons (Fsp3) is 0.364. The molecule has 0 aliphatic heterocycles. The molecular weight excluding hydrogens is 214 g/mol. The molecule has 0 saturated carbocycles. The Morgan fingerprint density at radius 1 is 1.47 bits per heavy atom. The highest BCUT2D eigenvalue weighted by Crippen LogP contribution is 2.23. The van der Waals surface area contributed by atoms with E-state index in [2.05, 4.69) is 4.74 Å². The summed E-state index contributed by atoms with van der Waals surface area (Å²) in [4.78, 5) is 11.1. The van der Waals surface area contributed by atoms with Gasteiger partial charge in [0.25, 0.3) is 0 Å². The highest BCUT2D eigenvalue weighted by molar-refractivity contribution is 6.30. The van der Waals surface area contributed by atoms with Crippen LogP contribution in [0.4, 0.5) is 0 Å². The van der Waals surface area contributed by atoms with Gasteiger partial charge < -0.3 is 10.5 Å². The quantitative estimate of drug-likeness (QED) is 0.805. The number of hydrogen-bond acceptors (Lipinski definition) is 3. The van der Waals surface area contributed by atoms with Gasteiger partial charge in [-0.05, 0) is 24.6 Å². The number of rotatable bonds is 3. The number of benzene rings is 1. The SMILES string of the molecule is COC(=O)C[C@@](C)(N)c1ccc(Cl)cc1. The lowest BCUT2D eigenvalue weighted by Gasteiger charge is -2.23. The van der Waals surface area contributed by atoms with Gasteiger partial charge in [-0.25, -0.2) is 0 Å². The average molecular weight is 228 g/mol. The summed E-state index contributed by atoms with van der Waals surface area (Å²) in [6.07, 6.45) is 0.144. The van der Waals surface area contributed by atoms with Crippen LogP contribution in [0.3, 0.4) is 0 Å². The van der Waals surface area contributed by atoms with E-state index in [0.29, 0.717) is 5.02 Å². The number of esters is 1. The number of carbonyl (C=O) groups excluding carboxylic acids is 1. The lowest BCUT2D eigenvalue weighted by molar-refractivity contribution is -0.141. The predicted octanol–water partition coefficient (Wildman–Crippen LogP) is 2.08. The maximum Gasteiger partial charge on any atom is 0.307 e. The van der Waals surface area contributed by atoms with Crippen LogP contribution in [0.15, 0.2) is 24.3 Å². The maximum atomic E-state index is 11.1. The van der Waals surface area contributed by atoms with Crippen molar-refractivity contribution in [1.29, 1.82) is 0 Å². The minimum atomic E-state index is -0.725. The molecule has 0 aliphatic carbocycles. The lowest BCUT2D eigenvalue weighted by atomic mass is 9.90. The second kappa shape index (κ2) is 4.64. The van der Waals surface area contributed by atoms with Crippen LogP contribution >= 0.6 is 11.6 Å². The zero-order valence-electron chi connectivity index (χ0n) is 8.79. The van der Waals surface area contributed by atoms with Crippen LogP contribution < -0.4 is 5.73 Å². The minimum absolute atomic E-state index is 0.144. The summed E-state index contributed by atoms with van der Waals surface area (Å²) in [6.45, 7) is 1.78. The fourth-order valence-corrected chi connectivity index (χ4v) is 1.43. The molecule has 1 atom stereocenters. The van der Waals surface area contributed by atoms with E-state index in [1.54, 1.807) is 19.1 Å². The van der Waals surface area contributed by atoms with Crippen molar-refractivity contribution < 1.29 is 9.53 Å². The van der Waals surface area contributed by atoms with Crippen molar-refractivity contribution in [1.82, 2.24) is 0 Å². The summed E-state index contributed by atoms with van der Waals surface area (Å²) in [6, 6.07) is 7.12. The summed E-state index contributed by atoms with van der Waals surface area (Å²) in [5, 5.41) is 0.646. The summed E-state index contributed by atoms with van der Waals surface area (Å²) < 4.78 is 4.59. The molecule has 0 bridgehead atoms. The van der Waals surface area contributed by atoms with Gasteiger partial charge >= 0.3 is 5.97 Å². The summed E-state index contributed by atoms with van der Waals surface area (Å²) in [5.41, 5.74) is 6.15. The standard InChI is InChI=1S/C11H14ClNO2/c1-11(13,7-10(14)15-2)8-3-5-9(12)6-4-8/h3-6H,7,13H2,1-2H3/t11-/m1/s1. The molecule has 3 nitrogen and oxygen atoms in total. The van der Waals surface area contributed by atoms with Crippen molar-refractivity contribution in [2.75, 3.05) is 7.11 Å². The smallest absolute Gasteiger partial charge is 0.307 e. The van der Waals surface area contributed by atoms with Crippen LogP contribution in [0.1, 0.15) is 18.9 Å². The van der Waals surface area contributed by atoms with Crippen molar-refractivity contribution in [3.63, 3.8) is 0 Å². The largest absolute Gasteiger partial charge is 0.469 e. The van der Waals surface area contributed by atoms with Crippen LogP contribution in [0.2, 0.25) is 5.02 Å². The normalized spacial score (nSPS) is 14.4. The van der Waals surface area contributed by atoms with Crippen molar-refractivity contribution >= 4 is 17.6 Å². The Hall–Kier alpha value is -1.06. The van der Waals surface area contributed by atoms with E-state index in [1.165, 1.54) is 7.11 Å². The van der Waals surface area contributed by atoms with Gasteiger partial charge in [-0.15, -0.1) is 0 Å². The Morgan fingerprint density at radius 3 is 2.47 bits per heavy atom. The average Bonchev–Trinajstić information content (AvgIpc) is 2.17. The molecule has 1 aromatic carbocycles. The molecule has 0 aromatic heterocycles. The Morgan fingerprint density at radius 2 is 2.00 bits per heavy atom. The molecule has 0 fully saturated rings. The zero-order chi connectivity index (χ0) is 11.5. The van der Waals surface area contributed by atoms with E-state index in [-0.39, 0.29) is 12.4 Å². The third-order valence-electron chi connectivity index (χ3n) is 2.24. The predicted molar refractivity (Wildman–Crippen MR) is 59.6 cm³/mol. The topological polar surface area (TPSA) is 52.3 Å². The Balaban J connectivity index is 2.85. The first-order chi connectivity index (χ1) is 6.95. The summed E-state index contributed by atoms with van der Waals surface area (Å²) in [5.74, 6) is -0.324. The molecule has 15 heavy (non-hydrogen) atoms. The molecule has 1 aromatic rings. The van der Waals surface area contributed by atoms with Crippen molar-refractivity contribution in [3.05, 3.63) is 34.9 Å². The van der Waals surface area contributed by atoms with Gasteiger partial charge in [0.2, 0.25) is 0 Å². The van der Waals surface area contributed by atoms with Crippen LogP contribution in [0, 0.1) is 0 Å². The molecule has 0 aliphatic rings. The number of carbonyl (C=O) groups is 1. The van der Waals surface area contributed by atoms with Crippen LogP contribution in [0.5, 0.6) is 0 Å². The van der Waals surface area contributed by atoms with E-state index in [0.717, 1.165) is 5.56 Å². The van der Waals surface area contributed by atoms with Crippen LogP contribution in [-0.2, 0) is 15.1 Å². The second-order valence-electron chi connectivity index (χ2n) is 3.68. The zero-order valence-corrected chi connectivity index (χ0v) is 9.54. The number of hydrogen-bond donors (Lipinski definition) is 1. The monoisotopic (exact) mass is 227 g/mol. The number of halogens is 1. The minimum Gasteiger partial charge on any atom is -0.469 e. The third-order valence-corrected chi connectivity index (χ3v) is 2.49. The van der Waals surface area contributed by atoms with Gasteiger partial charge in [0, 0.05) is 10.6 Å². The van der Waals surface area contributed by atoms with Crippen LogP contribution in [-0.4, -0.2) is 13.1 Å². The van der Waals surface area contributed by atoms with Crippen molar-refractivity contribution in [3.8, 4) is 0 Å². The molecule has 82 valence electrons. The molecular formula is C11H14ClNO2. The third kappa shape index (κ3) is 3.22. The molecule has 1 rings (SSSR count). The first-order valence-electron chi connectivity index (χ1n) is 4.57. The first kappa shape index (κ1) is 12.0. The summed E-state index contributed by atoms with van der Waals surface area (Å²) >= 11 is 5.76. The molecule has 0 heterocycles. The Kier molecular flexibility index (Phi) is 3.72. The number of ether oxygens (including phenoxy) is 1. The lowest BCUT2D eigenvalue weighted by Crippen LogP contribution is -2.35. The van der Waals surface area contributed by atoms with E-state index >= 15 is 0 Å². The Bertz CT molecular complexity index is 346. The van der Waals surface area contributed by atoms with Crippen molar-refractivity contribution in [2.24, 2.45) is 5.73 Å². The van der Waals surface area contributed by atoms with E-state index in [9.17, 15) is 4.79 Å². The highest BCUT2D eigenvalue weighted by Gasteiger charge is 2.25. The molecule has 0 amide bonds. The van der Waals surface area contributed by atoms with E-state index in [1.807, 2.05) is 12.1 Å². The molecule has 4 heteroatoms. The molecule has 0 unspecified atom stereocenters. The first-order valence-corrected chi connectivity index (χ1v) is 4.95. The van der Waals surface area contributed by atoms with Gasteiger partial charge in [-0.2, -0.15) is 0 Å². The Labute approximate surface area is 94.2 Å². The van der Waals surface area contributed by atoms with Crippen LogP contribution in [0.25, 0.3) is 0 Å². The van der Waals surface area contributed by atoms with Crippen molar-refractivity contribution in [2.45, 2.75) is 18.9 Å². The molecule has 2 N–H and O–H groups in total. The van der Waals surface area contributed by atoms with Gasteiger partial charge in [0.15, 0.2) is 0 Å². The summed E-state index contributed by atoms with van der Waals surface area (Å²) in [7, 11) is 1.35. The second-order valence-corrected chi connectivity index (χ2v) is 4.11. The number of methoxy groups -OCH3 is 1. The number of nitrogens with two attached hydrogens (primary N) is 1. The fourth-order valence-electron chi connectivity index (χ4n) is 1.30. The maximum absolute atomic E-state index is 11.1. The van der Waals surface area contributed by atoms with Gasteiger partial charge in [0.1, 0.15) is 0 Å². The molecule has 0 radical (unpaired) electrons. The van der Waals surface area contributed by atoms with Gasteiger partial charge in [-0.1, -0.05) is 23.7 Å². The van der Waals surface area contributed by atoms with Gasteiger partial charge in [-0.3, -0.25) is 4.79 Å². The van der Waals surface area contributed by atoms with Gasteiger partial charge in [0.05, 0.1) is 13.5 Å². The molecule has 0 spiro atoms. The highest BCUT2D eigenvalue weighted by atomic mass is 35.5. The van der Waals surface area contributed by atoms with E-state index < -0.39 is 5.54 Å². The van der Waals surface area contributed by atoms with E-state index in [4.69, 9.17) is 17.3 Å².